The molecule has 0 fully saturated rings. The van der Waals surface area contributed by atoms with Crippen LogP contribution in [0.2, 0.25) is 0 Å². The van der Waals surface area contributed by atoms with Crippen molar-refractivity contribution in [1.29, 1.82) is 0 Å². The van der Waals surface area contributed by atoms with Gasteiger partial charge in [0.2, 0.25) is 0 Å². The second-order valence-corrected chi connectivity index (χ2v) is 8.03. The monoisotopic (exact) mass is 275 g/mol. The van der Waals surface area contributed by atoms with Crippen molar-refractivity contribution in [2.75, 3.05) is 18.1 Å². The molecule has 0 aliphatic carbocycles. The molecular weight excluding hydrogens is 254 g/mol. The molecule has 5 heteroatoms. The van der Waals surface area contributed by atoms with E-state index in [0.717, 1.165) is 13.1 Å². The zero-order valence-electron chi connectivity index (χ0n) is 10.7. The van der Waals surface area contributed by atoms with E-state index in [0.29, 0.717) is 12.2 Å². The summed E-state index contributed by atoms with van der Waals surface area (Å²) in [6.07, 6.45) is 0.694. The fraction of sp³-hybridized carbons (Fsp3) is 0.667. The van der Waals surface area contributed by atoms with Crippen LogP contribution in [0.4, 0.5) is 0 Å². The van der Waals surface area contributed by atoms with Crippen molar-refractivity contribution < 1.29 is 8.42 Å². The van der Waals surface area contributed by atoms with Crippen molar-refractivity contribution in [1.82, 2.24) is 5.32 Å². The van der Waals surface area contributed by atoms with Crippen LogP contribution in [0.5, 0.6) is 0 Å². The lowest BCUT2D eigenvalue weighted by Gasteiger charge is -2.03. The van der Waals surface area contributed by atoms with Gasteiger partial charge >= 0.3 is 0 Å². The molecule has 0 bridgehead atoms. The number of aryl methyl sites for hydroxylation is 2. The smallest absolute Gasteiger partial charge is 0.150 e. The lowest BCUT2D eigenvalue weighted by molar-refractivity contribution is 0.590. The number of rotatable bonds is 7. The first-order valence-electron chi connectivity index (χ1n) is 5.91. The molecule has 1 heterocycles. The third-order valence-electron chi connectivity index (χ3n) is 2.76. The van der Waals surface area contributed by atoms with E-state index in [1.807, 2.05) is 0 Å². The van der Waals surface area contributed by atoms with Crippen molar-refractivity contribution in [3.63, 3.8) is 0 Å². The summed E-state index contributed by atoms with van der Waals surface area (Å²) < 4.78 is 22.5. The van der Waals surface area contributed by atoms with Gasteiger partial charge in [-0.25, -0.2) is 8.42 Å². The molecular formula is C12H21NO2S2. The molecule has 0 aliphatic rings. The highest BCUT2D eigenvalue weighted by atomic mass is 32.2. The summed E-state index contributed by atoms with van der Waals surface area (Å²) >= 11 is 1.80. The largest absolute Gasteiger partial charge is 0.312 e. The minimum atomic E-state index is -2.80. The molecule has 0 unspecified atom stereocenters. The second kappa shape index (κ2) is 6.52. The maximum absolute atomic E-state index is 11.3. The fourth-order valence-electron chi connectivity index (χ4n) is 1.51. The summed E-state index contributed by atoms with van der Waals surface area (Å²) in [6, 6.07) is 2.19. The predicted molar refractivity (Wildman–Crippen MR) is 74.4 cm³/mol. The zero-order valence-corrected chi connectivity index (χ0v) is 12.4. The van der Waals surface area contributed by atoms with Gasteiger partial charge in [0.25, 0.3) is 0 Å². The van der Waals surface area contributed by atoms with E-state index in [2.05, 4.69) is 25.2 Å². The second-order valence-electron chi connectivity index (χ2n) is 4.22. The molecule has 1 N–H and O–H groups in total. The Balaban J connectivity index is 2.21. The SMILES string of the molecule is CCS(=O)(=O)CCCNCc1cc(C)c(C)s1. The van der Waals surface area contributed by atoms with E-state index in [4.69, 9.17) is 0 Å². The highest BCUT2D eigenvalue weighted by Gasteiger charge is 2.06. The lowest BCUT2D eigenvalue weighted by atomic mass is 10.3. The van der Waals surface area contributed by atoms with Gasteiger partial charge in [-0.3, -0.25) is 0 Å². The van der Waals surface area contributed by atoms with Gasteiger partial charge in [0.1, 0.15) is 9.84 Å². The molecule has 0 aromatic carbocycles. The topological polar surface area (TPSA) is 46.2 Å². The Morgan fingerprint density at radius 3 is 2.59 bits per heavy atom. The number of thiophene rings is 1. The third kappa shape index (κ3) is 5.19. The summed E-state index contributed by atoms with van der Waals surface area (Å²) in [5.74, 6) is 0.537. The van der Waals surface area contributed by atoms with Crippen LogP contribution in [-0.2, 0) is 16.4 Å². The highest BCUT2D eigenvalue weighted by Crippen LogP contribution is 2.20. The minimum absolute atomic E-state index is 0.246. The van der Waals surface area contributed by atoms with Crippen molar-refractivity contribution in [3.05, 3.63) is 21.4 Å². The Morgan fingerprint density at radius 2 is 2.06 bits per heavy atom. The average Bonchev–Trinajstić information content (AvgIpc) is 2.58. The van der Waals surface area contributed by atoms with Gasteiger partial charge in [-0.05, 0) is 38.4 Å². The van der Waals surface area contributed by atoms with Gasteiger partial charge in [-0.2, -0.15) is 0 Å². The predicted octanol–water partition coefficient (Wildman–Crippen LogP) is 2.28. The van der Waals surface area contributed by atoms with Crippen molar-refractivity contribution in [2.24, 2.45) is 0 Å². The van der Waals surface area contributed by atoms with Crippen LogP contribution in [0.25, 0.3) is 0 Å². The Morgan fingerprint density at radius 1 is 1.35 bits per heavy atom. The van der Waals surface area contributed by atoms with Gasteiger partial charge in [-0.15, -0.1) is 11.3 Å². The lowest BCUT2D eigenvalue weighted by Crippen LogP contribution is -2.18. The van der Waals surface area contributed by atoms with Crippen molar-refractivity contribution >= 4 is 21.2 Å². The summed E-state index contributed by atoms with van der Waals surface area (Å²) in [7, 11) is -2.80. The van der Waals surface area contributed by atoms with Crippen LogP contribution in [0.3, 0.4) is 0 Å². The van der Waals surface area contributed by atoms with E-state index in [9.17, 15) is 8.42 Å². The minimum Gasteiger partial charge on any atom is -0.312 e. The zero-order chi connectivity index (χ0) is 12.9. The molecule has 1 aromatic heterocycles. The van der Waals surface area contributed by atoms with Crippen molar-refractivity contribution in [2.45, 2.75) is 33.7 Å². The van der Waals surface area contributed by atoms with Crippen LogP contribution in [0.1, 0.15) is 28.7 Å². The first-order chi connectivity index (χ1) is 7.94. The summed E-state index contributed by atoms with van der Waals surface area (Å²) in [4.78, 5) is 2.67. The van der Waals surface area contributed by atoms with E-state index >= 15 is 0 Å². The van der Waals surface area contributed by atoms with Crippen LogP contribution < -0.4 is 5.32 Å². The van der Waals surface area contributed by atoms with Gasteiger partial charge < -0.3 is 5.32 Å². The maximum atomic E-state index is 11.3. The Bertz CT molecular complexity index is 430. The Hall–Kier alpha value is -0.390. The molecule has 0 saturated heterocycles. The van der Waals surface area contributed by atoms with Crippen molar-refractivity contribution in [3.8, 4) is 0 Å². The fourth-order valence-corrected chi connectivity index (χ4v) is 3.41. The third-order valence-corrected chi connectivity index (χ3v) is 5.71. The Kier molecular flexibility index (Phi) is 5.62. The molecule has 0 radical (unpaired) electrons. The van der Waals surface area contributed by atoms with E-state index in [1.165, 1.54) is 15.3 Å². The van der Waals surface area contributed by atoms with Gasteiger partial charge in [0.05, 0.1) is 5.75 Å². The van der Waals surface area contributed by atoms with Gasteiger partial charge in [-0.1, -0.05) is 6.92 Å². The number of hydrogen-bond acceptors (Lipinski definition) is 4. The van der Waals surface area contributed by atoms with E-state index < -0.39 is 9.84 Å². The average molecular weight is 275 g/mol. The molecule has 1 aromatic rings. The Labute approximate surface area is 108 Å². The number of hydrogen-bond donors (Lipinski definition) is 1. The molecule has 17 heavy (non-hydrogen) atoms. The molecule has 0 amide bonds. The highest BCUT2D eigenvalue weighted by molar-refractivity contribution is 7.91. The molecule has 0 spiro atoms. The molecule has 98 valence electrons. The van der Waals surface area contributed by atoms with Crippen LogP contribution in [0.15, 0.2) is 6.07 Å². The standard InChI is InChI=1S/C12H21NO2S2/c1-4-17(14,15)7-5-6-13-9-12-8-10(2)11(3)16-12/h8,13H,4-7,9H2,1-3H3. The van der Waals surface area contributed by atoms with E-state index in [-0.39, 0.29) is 5.75 Å². The summed E-state index contributed by atoms with van der Waals surface area (Å²) in [6.45, 7) is 7.53. The first kappa shape index (κ1) is 14.7. The van der Waals surface area contributed by atoms with Crippen LogP contribution in [0, 0.1) is 13.8 Å². The molecule has 0 atom stereocenters. The van der Waals surface area contributed by atoms with Gasteiger partial charge in [0.15, 0.2) is 0 Å². The molecule has 0 aliphatic heterocycles. The number of nitrogens with one attached hydrogen (secondary N) is 1. The summed E-state index contributed by atoms with van der Waals surface area (Å²) in [5.41, 5.74) is 1.33. The summed E-state index contributed by atoms with van der Waals surface area (Å²) in [5, 5.41) is 3.28. The molecule has 0 saturated carbocycles. The normalized spacial score (nSPS) is 11.9. The van der Waals surface area contributed by atoms with Gasteiger partial charge in [0, 0.05) is 22.1 Å². The number of sulfone groups is 1. The molecule has 3 nitrogen and oxygen atoms in total. The quantitative estimate of drug-likeness (QED) is 0.777. The maximum Gasteiger partial charge on any atom is 0.150 e. The molecule has 1 rings (SSSR count). The first-order valence-corrected chi connectivity index (χ1v) is 8.55. The van der Waals surface area contributed by atoms with Crippen LogP contribution >= 0.6 is 11.3 Å². The van der Waals surface area contributed by atoms with E-state index in [1.54, 1.807) is 18.3 Å². The van der Waals surface area contributed by atoms with Crippen LogP contribution in [-0.4, -0.2) is 26.5 Å².